The molecule has 1 N–H and O–H groups in total. The Hall–Kier alpha value is -1.14. The monoisotopic (exact) mass is 325 g/mol. The molecule has 0 heterocycles. The van der Waals surface area contributed by atoms with E-state index in [1.165, 1.54) is 6.92 Å². The third-order valence-electron chi connectivity index (χ3n) is 3.83. The topological polar surface area (TPSA) is 64.6 Å². The van der Waals surface area contributed by atoms with Gasteiger partial charge in [0.05, 0.1) is 12.3 Å². The molecule has 2 aliphatic rings. The van der Waals surface area contributed by atoms with Crippen molar-refractivity contribution in [2.45, 2.75) is 58.3 Å². The standard InChI is InChI=1S/C16H27NO4Si/c1-11(18)15(21-20-9-10-22(2,3)4)14(12-5-6-12)17-16(19)13-7-8-13/h12-13H,5-10H2,1-4H3,(H,17,19)/b15-14+. The molecule has 2 rings (SSSR count). The van der Waals surface area contributed by atoms with Crippen molar-refractivity contribution < 1.29 is 19.4 Å². The highest BCUT2D eigenvalue weighted by Gasteiger charge is 2.36. The zero-order valence-corrected chi connectivity index (χ0v) is 15.0. The SMILES string of the molecule is CC(=O)/C(OOCC[Si](C)(C)C)=C(\NC(=O)C1CC1)C1CC1. The molecule has 0 saturated heterocycles. The van der Waals surface area contributed by atoms with E-state index in [9.17, 15) is 9.59 Å². The Kier molecular flexibility index (Phi) is 5.44. The fraction of sp³-hybridized carbons (Fsp3) is 0.750. The minimum Gasteiger partial charge on any atom is -0.332 e. The lowest BCUT2D eigenvalue weighted by Crippen LogP contribution is -2.28. The summed E-state index contributed by atoms with van der Waals surface area (Å²) >= 11 is 0. The second-order valence-corrected chi connectivity index (χ2v) is 13.2. The lowest BCUT2D eigenvalue weighted by Gasteiger charge is -2.17. The van der Waals surface area contributed by atoms with Gasteiger partial charge in [0, 0.05) is 26.8 Å². The van der Waals surface area contributed by atoms with Gasteiger partial charge >= 0.3 is 0 Å². The van der Waals surface area contributed by atoms with Gasteiger partial charge in [-0.25, -0.2) is 0 Å². The zero-order valence-electron chi connectivity index (χ0n) is 14.0. The van der Waals surface area contributed by atoms with Crippen molar-refractivity contribution in [1.29, 1.82) is 0 Å². The molecule has 0 unspecified atom stereocenters. The summed E-state index contributed by atoms with van der Waals surface area (Å²) in [5.41, 5.74) is 0.623. The third-order valence-corrected chi connectivity index (χ3v) is 5.54. The van der Waals surface area contributed by atoms with Crippen molar-refractivity contribution in [3.63, 3.8) is 0 Å². The van der Waals surface area contributed by atoms with Crippen LogP contribution in [-0.4, -0.2) is 26.4 Å². The Morgan fingerprint density at radius 3 is 2.14 bits per heavy atom. The first-order valence-corrected chi connectivity index (χ1v) is 11.8. The summed E-state index contributed by atoms with van der Waals surface area (Å²) in [7, 11) is -1.20. The first-order valence-electron chi connectivity index (χ1n) is 8.13. The summed E-state index contributed by atoms with van der Waals surface area (Å²) < 4.78 is 0. The molecular formula is C16H27NO4Si. The highest BCUT2D eigenvalue weighted by Crippen LogP contribution is 2.38. The van der Waals surface area contributed by atoms with Crippen LogP contribution in [0.2, 0.25) is 25.7 Å². The van der Waals surface area contributed by atoms with Crippen LogP contribution in [0.4, 0.5) is 0 Å². The highest BCUT2D eigenvalue weighted by atomic mass is 28.3. The third kappa shape index (κ3) is 5.57. The van der Waals surface area contributed by atoms with Crippen LogP contribution in [-0.2, 0) is 19.4 Å². The second kappa shape index (κ2) is 6.96. The molecule has 2 saturated carbocycles. The van der Waals surface area contributed by atoms with Crippen LogP contribution in [0, 0.1) is 11.8 Å². The highest BCUT2D eigenvalue weighted by molar-refractivity contribution is 6.76. The number of hydrogen-bond acceptors (Lipinski definition) is 4. The second-order valence-electron chi connectivity index (χ2n) is 7.55. The predicted molar refractivity (Wildman–Crippen MR) is 86.5 cm³/mol. The van der Waals surface area contributed by atoms with Gasteiger partial charge in [-0.2, -0.15) is 4.89 Å². The molecule has 5 nitrogen and oxygen atoms in total. The lowest BCUT2D eigenvalue weighted by molar-refractivity contribution is -0.257. The van der Waals surface area contributed by atoms with Gasteiger partial charge in [-0.3, -0.25) is 9.59 Å². The molecule has 0 radical (unpaired) electrons. The molecule has 0 aromatic heterocycles. The van der Waals surface area contributed by atoms with Crippen molar-refractivity contribution >= 4 is 19.8 Å². The van der Waals surface area contributed by atoms with Crippen LogP contribution in [0.1, 0.15) is 32.6 Å². The molecular weight excluding hydrogens is 298 g/mol. The molecule has 1 amide bonds. The number of ketones is 1. The van der Waals surface area contributed by atoms with E-state index in [-0.39, 0.29) is 29.3 Å². The summed E-state index contributed by atoms with van der Waals surface area (Å²) in [4.78, 5) is 34.4. The van der Waals surface area contributed by atoms with Gasteiger partial charge in [-0.15, -0.1) is 0 Å². The largest absolute Gasteiger partial charge is 0.332 e. The quantitative estimate of drug-likeness (QED) is 0.177. The average molecular weight is 325 g/mol. The first-order chi connectivity index (χ1) is 10.3. The number of carbonyl (C=O) groups is 2. The fourth-order valence-electron chi connectivity index (χ4n) is 2.04. The van der Waals surface area contributed by atoms with Crippen LogP contribution in [0.3, 0.4) is 0 Å². The molecule has 124 valence electrons. The van der Waals surface area contributed by atoms with Crippen molar-refractivity contribution in [2.24, 2.45) is 11.8 Å². The molecule has 0 aromatic carbocycles. The number of amides is 1. The number of hydrogen-bond donors (Lipinski definition) is 1. The summed E-state index contributed by atoms with van der Waals surface area (Å²) in [6.45, 7) is 8.68. The summed E-state index contributed by atoms with van der Waals surface area (Å²) in [6.07, 6.45) is 3.84. The smallest absolute Gasteiger partial charge is 0.227 e. The van der Waals surface area contributed by atoms with Gasteiger partial charge in [0.25, 0.3) is 0 Å². The van der Waals surface area contributed by atoms with E-state index in [1.807, 2.05) is 0 Å². The van der Waals surface area contributed by atoms with Crippen LogP contribution in [0.5, 0.6) is 0 Å². The maximum atomic E-state index is 12.0. The minimum atomic E-state index is -1.20. The average Bonchev–Trinajstić information content (AvgIpc) is 3.27. The number of rotatable bonds is 9. The molecule has 2 aliphatic carbocycles. The van der Waals surface area contributed by atoms with E-state index < -0.39 is 8.07 Å². The van der Waals surface area contributed by atoms with Crippen molar-refractivity contribution in [3.8, 4) is 0 Å². The van der Waals surface area contributed by atoms with Crippen LogP contribution < -0.4 is 5.32 Å². The van der Waals surface area contributed by atoms with E-state index in [1.54, 1.807) is 0 Å². The molecule has 22 heavy (non-hydrogen) atoms. The van der Waals surface area contributed by atoms with E-state index >= 15 is 0 Å². The Balaban J connectivity index is 1.97. The molecule has 0 atom stereocenters. The van der Waals surface area contributed by atoms with Crippen LogP contribution in [0.25, 0.3) is 0 Å². The Labute approximate surface area is 133 Å². The van der Waals surface area contributed by atoms with E-state index in [4.69, 9.17) is 9.78 Å². The van der Waals surface area contributed by atoms with Gasteiger partial charge in [0.1, 0.15) is 0 Å². The van der Waals surface area contributed by atoms with Gasteiger partial charge in [-0.05, 0) is 31.7 Å². The van der Waals surface area contributed by atoms with E-state index in [2.05, 4.69) is 25.0 Å². The number of Topliss-reactive ketones (excluding diaryl/α,β-unsaturated/α-hetero) is 1. The van der Waals surface area contributed by atoms with Crippen LogP contribution in [0.15, 0.2) is 11.5 Å². The van der Waals surface area contributed by atoms with Crippen molar-refractivity contribution in [3.05, 3.63) is 11.5 Å². The summed E-state index contributed by atoms with van der Waals surface area (Å²) in [5, 5.41) is 2.90. The summed E-state index contributed by atoms with van der Waals surface area (Å²) in [5.74, 6) is 0.307. The minimum absolute atomic E-state index is 0.00588. The van der Waals surface area contributed by atoms with E-state index in [0.717, 1.165) is 31.7 Å². The molecule has 6 heteroatoms. The Morgan fingerprint density at radius 1 is 1.09 bits per heavy atom. The lowest BCUT2D eigenvalue weighted by atomic mass is 10.2. The molecule has 0 aliphatic heterocycles. The van der Waals surface area contributed by atoms with Crippen molar-refractivity contribution in [1.82, 2.24) is 5.32 Å². The molecule has 0 bridgehead atoms. The van der Waals surface area contributed by atoms with Gasteiger partial charge in [0.15, 0.2) is 5.78 Å². The van der Waals surface area contributed by atoms with Gasteiger partial charge in [0.2, 0.25) is 11.7 Å². The zero-order chi connectivity index (χ0) is 16.3. The summed E-state index contributed by atoms with van der Waals surface area (Å²) in [6, 6.07) is 0.964. The predicted octanol–water partition coefficient (Wildman–Crippen LogP) is 3.01. The maximum Gasteiger partial charge on any atom is 0.227 e. The molecule has 2 fully saturated rings. The first kappa shape index (κ1) is 17.2. The fourth-order valence-corrected chi connectivity index (χ4v) is 2.73. The van der Waals surface area contributed by atoms with Crippen LogP contribution >= 0.6 is 0 Å². The number of allylic oxidation sites excluding steroid dienone is 2. The van der Waals surface area contributed by atoms with Crippen molar-refractivity contribution in [2.75, 3.05) is 6.61 Å². The number of carbonyl (C=O) groups excluding carboxylic acids is 2. The number of nitrogens with one attached hydrogen (secondary N) is 1. The maximum absolute atomic E-state index is 12.0. The molecule has 0 spiro atoms. The van der Waals surface area contributed by atoms with E-state index in [0.29, 0.717) is 12.3 Å². The van der Waals surface area contributed by atoms with Gasteiger partial charge in [-0.1, -0.05) is 19.6 Å². The molecule has 0 aromatic rings. The normalized spacial score (nSPS) is 19.5. The van der Waals surface area contributed by atoms with Gasteiger partial charge < -0.3 is 10.2 Å². The Bertz CT molecular complexity index is 473. The Morgan fingerprint density at radius 2 is 1.68 bits per heavy atom.